The van der Waals surface area contributed by atoms with Crippen molar-refractivity contribution >= 4 is 18.2 Å². The Morgan fingerprint density at radius 1 is 1.43 bits per heavy atom. The highest BCUT2D eigenvalue weighted by Crippen LogP contribution is 2.20. The quantitative estimate of drug-likeness (QED) is 0.775. The van der Waals surface area contributed by atoms with Gasteiger partial charge in [0.05, 0.1) is 6.04 Å². The second kappa shape index (κ2) is 4.53. The van der Waals surface area contributed by atoms with E-state index in [-0.39, 0.29) is 30.0 Å². The summed E-state index contributed by atoms with van der Waals surface area (Å²) in [6.45, 7) is 0.694. The lowest BCUT2D eigenvalue weighted by Crippen LogP contribution is -2.17. The number of Topliss-reactive ketones (excluding diaryl/α,β-unsaturated/α-hetero) is 1. The first-order chi connectivity index (χ1) is 6.27. The molecule has 76 valence electrons. The molecule has 1 aliphatic rings. The maximum Gasteiger partial charge on any atom is 0.155 e. The molecule has 0 amide bonds. The van der Waals surface area contributed by atoms with E-state index in [0.29, 0.717) is 13.0 Å². The van der Waals surface area contributed by atoms with Crippen LogP contribution in [0.3, 0.4) is 0 Å². The van der Waals surface area contributed by atoms with Gasteiger partial charge in [0.15, 0.2) is 5.78 Å². The minimum atomic E-state index is -0.296. The Kier molecular flexibility index (Phi) is 3.61. The normalized spacial score (nSPS) is 20.6. The largest absolute Gasteiger partial charge is 0.303 e. The summed E-state index contributed by atoms with van der Waals surface area (Å²) >= 11 is 0. The van der Waals surface area contributed by atoms with Crippen LogP contribution in [-0.2, 0) is 4.79 Å². The average molecular weight is 216 g/mol. The van der Waals surface area contributed by atoms with Crippen LogP contribution in [0.4, 0.5) is 4.39 Å². The van der Waals surface area contributed by atoms with Crippen LogP contribution < -0.4 is 5.32 Å². The molecule has 1 aliphatic heterocycles. The van der Waals surface area contributed by atoms with Gasteiger partial charge >= 0.3 is 0 Å². The minimum Gasteiger partial charge on any atom is -0.303 e. The molecule has 0 saturated carbocycles. The number of rotatable bonds is 1. The Bertz CT molecular complexity index is 343. The molecule has 1 atom stereocenters. The average Bonchev–Trinajstić information content (AvgIpc) is 2.51. The lowest BCUT2D eigenvalue weighted by atomic mass is 10.0. The van der Waals surface area contributed by atoms with Crippen LogP contribution in [0.15, 0.2) is 24.3 Å². The second-order valence-electron chi connectivity index (χ2n) is 3.16. The van der Waals surface area contributed by atoms with E-state index >= 15 is 0 Å². The van der Waals surface area contributed by atoms with Crippen molar-refractivity contribution in [3.63, 3.8) is 0 Å². The van der Waals surface area contributed by atoms with Gasteiger partial charge in [-0.05, 0) is 17.7 Å². The molecule has 14 heavy (non-hydrogen) atoms. The molecule has 4 heteroatoms. The number of ketones is 1. The van der Waals surface area contributed by atoms with Gasteiger partial charge in [-0.2, -0.15) is 0 Å². The first-order valence-corrected chi connectivity index (χ1v) is 4.29. The van der Waals surface area contributed by atoms with Crippen LogP contribution in [0.1, 0.15) is 18.0 Å². The molecule has 0 aliphatic carbocycles. The van der Waals surface area contributed by atoms with Crippen molar-refractivity contribution in [2.24, 2.45) is 0 Å². The van der Waals surface area contributed by atoms with Gasteiger partial charge in [-0.15, -0.1) is 12.4 Å². The van der Waals surface area contributed by atoms with Crippen LogP contribution in [-0.4, -0.2) is 12.3 Å². The topological polar surface area (TPSA) is 29.1 Å². The zero-order valence-electron chi connectivity index (χ0n) is 7.50. The lowest BCUT2D eigenvalue weighted by molar-refractivity contribution is -0.118. The van der Waals surface area contributed by atoms with Crippen molar-refractivity contribution in [3.8, 4) is 0 Å². The molecule has 2 rings (SSSR count). The summed E-state index contributed by atoms with van der Waals surface area (Å²) in [7, 11) is 0. The standard InChI is InChI=1S/C10H10FNO.ClH/c11-8-3-1-2-7(6-8)10-9(13)4-5-12-10;/h1-3,6,10,12H,4-5H2;1H. The zero-order chi connectivity index (χ0) is 9.26. The van der Waals surface area contributed by atoms with Gasteiger partial charge in [0.1, 0.15) is 5.82 Å². The van der Waals surface area contributed by atoms with E-state index in [2.05, 4.69) is 5.32 Å². The van der Waals surface area contributed by atoms with Gasteiger partial charge in [-0.3, -0.25) is 4.79 Å². The van der Waals surface area contributed by atoms with Gasteiger partial charge in [-0.1, -0.05) is 12.1 Å². The third kappa shape index (κ3) is 2.11. The summed E-state index contributed by atoms with van der Waals surface area (Å²) < 4.78 is 12.8. The molecule has 1 fully saturated rings. The maximum atomic E-state index is 12.8. The number of hydrogen-bond donors (Lipinski definition) is 1. The number of nitrogens with one attached hydrogen (secondary N) is 1. The molecule has 1 N–H and O–H groups in total. The fraction of sp³-hybridized carbons (Fsp3) is 0.300. The van der Waals surface area contributed by atoms with E-state index in [4.69, 9.17) is 0 Å². The Morgan fingerprint density at radius 3 is 2.79 bits per heavy atom. The Morgan fingerprint density at radius 2 is 2.21 bits per heavy atom. The molecule has 0 bridgehead atoms. The summed E-state index contributed by atoms with van der Waals surface area (Å²) in [5, 5.41) is 3.03. The molecule has 0 aromatic heterocycles. The predicted octanol–water partition coefficient (Wildman–Crippen LogP) is 1.85. The SMILES string of the molecule is Cl.O=C1CCNC1c1cccc(F)c1. The lowest BCUT2D eigenvalue weighted by Gasteiger charge is -2.08. The molecular weight excluding hydrogens is 205 g/mol. The third-order valence-electron chi connectivity index (χ3n) is 2.22. The van der Waals surface area contributed by atoms with E-state index in [1.165, 1.54) is 12.1 Å². The van der Waals surface area contributed by atoms with Gasteiger partial charge in [0.25, 0.3) is 0 Å². The van der Waals surface area contributed by atoms with Crippen molar-refractivity contribution in [3.05, 3.63) is 35.6 Å². The number of hydrogen-bond acceptors (Lipinski definition) is 2. The van der Waals surface area contributed by atoms with E-state index in [0.717, 1.165) is 5.56 Å². The molecule has 0 spiro atoms. The van der Waals surface area contributed by atoms with Gasteiger partial charge in [0.2, 0.25) is 0 Å². The van der Waals surface area contributed by atoms with Crippen LogP contribution in [0.5, 0.6) is 0 Å². The number of carbonyl (C=O) groups is 1. The molecule has 1 unspecified atom stereocenters. The maximum absolute atomic E-state index is 12.8. The highest BCUT2D eigenvalue weighted by molar-refractivity contribution is 5.87. The summed E-state index contributed by atoms with van der Waals surface area (Å²) in [6, 6.07) is 5.88. The second-order valence-corrected chi connectivity index (χ2v) is 3.16. The Balaban J connectivity index is 0.000000980. The summed E-state index contributed by atoms with van der Waals surface area (Å²) in [4.78, 5) is 11.3. The Hall–Kier alpha value is -0.930. The van der Waals surface area contributed by atoms with E-state index < -0.39 is 0 Å². The van der Waals surface area contributed by atoms with E-state index in [1.54, 1.807) is 12.1 Å². The van der Waals surface area contributed by atoms with Gasteiger partial charge in [-0.25, -0.2) is 4.39 Å². The van der Waals surface area contributed by atoms with Crippen molar-refractivity contribution in [2.45, 2.75) is 12.5 Å². The van der Waals surface area contributed by atoms with Crippen molar-refractivity contribution in [1.82, 2.24) is 5.32 Å². The third-order valence-corrected chi connectivity index (χ3v) is 2.22. The number of carbonyl (C=O) groups excluding carboxylic acids is 1. The zero-order valence-corrected chi connectivity index (χ0v) is 8.31. The fourth-order valence-electron chi connectivity index (χ4n) is 1.59. The van der Waals surface area contributed by atoms with Crippen LogP contribution in [0.2, 0.25) is 0 Å². The molecule has 2 nitrogen and oxygen atoms in total. The highest BCUT2D eigenvalue weighted by Gasteiger charge is 2.25. The number of benzene rings is 1. The number of halogens is 2. The van der Waals surface area contributed by atoms with Crippen molar-refractivity contribution in [1.29, 1.82) is 0 Å². The first-order valence-electron chi connectivity index (χ1n) is 4.29. The van der Waals surface area contributed by atoms with Crippen LogP contribution in [0.25, 0.3) is 0 Å². The first kappa shape index (κ1) is 11.1. The molecule has 0 radical (unpaired) electrons. The predicted molar refractivity (Wildman–Crippen MR) is 54.0 cm³/mol. The molecular formula is C10H11ClFNO. The van der Waals surface area contributed by atoms with E-state index in [9.17, 15) is 9.18 Å². The molecule has 1 aromatic rings. The van der Waals surface area contributed by atoms with Crippen LogP contribution >= 0.6 is 12.4 Å². The molecule has 1 heterocycles. The monoisotopic (exact) mass is 215 g/mol. The minimum absolute atomic E-state index is 0. The fourth-order valence-corrected chi connectivity index (χ4v) is 1.59. The summed E-state index contributed by atoms with van der Waals surface area (Å²) in [5.41, 5.74) is 0.725. The van der Waals surface area contributed by atoms with Gasteiger partial charge < -0.3 is 5.32 Å². The molecule has 1 aromatic carbocycles. The van der Waals surface area contributed by atoms with Crippen molar-refractivity contribution < 1.29 is 9.18 Å². The summed E-state index contributed by atoms with van der Waals surface area (Å²) in [5.74, 6) is -0.149. The Labute approximate surface area is 87.9 Å². The highest BCUT2D eigenvalue weighted by atomic mass is 35.5. The smallest absolute Gasteiger partial charge is 0.155 e. The van der Waals surface area contributed by atoms with Crippen LogP contribution in [0, 0.1) is 5.82 Å². The summed E-state index contributed by atoms with van der Waals surface area (Å²) in [6.07, 6.45) is 0.543. The van der Waals surface area contributed by atoms with Gasteiger partial charge in [0, 0.05) is 13.0 Å². The molecule has 1 saturated heterocycles. The van der Waals surface area contributed by atoms with E-state index in [1.807, 2.05) is 0 Å². The van der Waals surface area contributed by atoms with Crippen molar-refractivity contribution in [2.75, 3.05) is 6.54 Å².